The second-order valence-corrected chi connectivity index (χ2v) is 5.83. The van der Waals surface area contributed by atoms with Crippen LogP contribution in [0.5, 0.6) is 5.75 Å². The first kappa shape index (κ1) is 15.4. The van der Waals surface area contributed by atoms with Crippen molar-refractivity contribution in [3.8, 4) is 11.8 Å². The van der Waals surface area contributed by atoms with E-state index in [-0.39, 0.29) is 17.2 Å². The number of hydrogen-bond acceptors (Lipinski definition) is 5. The summed E-state index contributed by atoms with van der Waals surface area (Å²) in [4.78, 5) is 14.8. The highest BCUT2D eigenvalue weighted by atomic mass is 16.5. The van der Waals surface area contributed by atoms with E-state index in [4.69, 9.17) is 4.74 Å². The van der Waals surface area contributed by atoms with Crippen LogP contribution in [0.15, 0.2) is 23.0 Å². The highest BCUT2D eigenvalue weighted by Crippen LogP contribution is 2.32. The average Bonchev–Trinajstić information content (AvgIpc) is 2.58. The Hall–Kier alpha value is -2.52. The number of rotatable bonds is 2. The highest BCUT2D eigenvalue weighted by molar-refractivity contribution is 5.95. The molecule has 1 aromatic carbocycles. The molecule has 1 aromatic heterocycles. The Kier molecular flexibility index (Phi) is 3.97. The zero-order chi connectivity index (χ0) is 16.6. The molecule has 2 heterocycles. The Morgan fingerprint density at radius 3 is 2.87 bits per heavy atom. The van der Waals surface area contributed by atoms with E-state index in [9.17, 15) is 10.1 Å². The van der Waals surface area contributed by atoms with E-state index >= 15 is 0 Å². The highest BCUT2D eigenvalue weighted by Gasteiger charge is 2.25. The summed E-state index contributed by atoms with van der Waals surface area (Å²) in [5, 5.41) is 13.8. The lowest BCUT2D eigenvalue weighted by Crippen LogP contribution is -2.50. The van der Waals surface area contributed by atoms with E-state index in [1.807, 2.05) is 18.2 Å². The summed E-state index contributed by atoms with van der Waals surface area (Å²) >= 11 is 0. The number of aromatic nitrogens is 1. The van der Waals surface area contributed by atoms with E-state index in [0.717, 1.165) is 36.2 Å². The first-order valence-corrected chi connectivity index (χ1v) is 7.66. The summed E-state index contributed by atoms with van der Waals surface area (Å²) in [6.07, 6.45) is 0. The Labute approximate surface area is 134 Å². The minimum atomic E-state index is -0.269. The molecule has 2 aromatic rings. The molecule has 1 aliphatic rings. The van der Waals surface area contributed by atoms with Crippen molar-refractivity contribution < 1.29 is 4.74 Å². The van der Waals surface area contributed by atoms with Crippen LogP contribution in [0.1, 0.15) is 12.5 Å². The van der Waals surface area contributed by atoms with Crippen LogP contribution in [0.3, 0.4) is 0 Å². The maximum atomic E-state index is 12.6. The molecule has 1 unspecified atom stereocenters. The second-order valence-electron chi connectivity index (χ2n) is 5.83. The second kappa shape index (κ2) is 5.94. The molecule has 6 heteroatoms. The average molecular weight is 312 g/mol. The van der Waals surface area contributed by atoms with E-state index < -0.39 is 0 Å². The van der Waals surface area contributed by atoms with Crippen LogP contribution in [0.25, 0.3) is 10.9 Å². The Balaban J connectivity index is 2.36. The zero-order valence-electron chi connectivity index (χ0n) is 13.6. The van der Waals surface area contributed by atoms with Gasteiger partial charge in [0.05, 0.1) is 18.3 Å². The maximum absolute atomic E-state index is 12.6. The van der Waals surface area contributed by atoms with Crippen molar-refractivity contribution in [2.75, 3.05) is 31.6 Å². The van der Waals surface area contributed by atoms with E-state index in [0.29, 0.717) is 5.75 Å². The monoisotopic (exact) mass is 312 g/mol. The number of anilines is 1. The van der Waals surface area contributed by atoms with Gasteiger partial charge in [-0.3, -0.25) is 4.79 Å². The predicted molar refractivity (Wildman–Crippen MR) is 90.1 cm³/mol. The van der Waals surface area contributed by atoms with Crippen LogP contribution in [0.2, 0.25) is 0 Å². The first-order chi connectivity index (χ1) is 11.1. The molecule has 1 N–H and O–H groups in total. The summed E-state index contributed by atoms with van der Waals surface area (Å²) in [6.45, 7) is 4.53. The fourth-order valence-corrected chi connectivity index (χ4v) is 3.20. The molecule has 0 aliphatic carbocycles. The van der Waals surface area contributed by atoms with E-state index in [2.05, 4.69) is 23.2 Å². The molecule has 1 saturated heterocycles. The summed E-state index contributed by atoms with van der Waals surface area (Å²) < 4.78 is 6.80. The van der Waals surface area contributed by atoms with Gasteiger partial charge in [0.25, 0.3) is 5.56 Å². The molecule has 0 amide bonds. The lowest BCUT2D eigenvalue weighted by molar-refractivity contribution is 0.415. The minimum Gasteiger partial charge on any atom is -0.497 e. The Morgan fingerprint density at radius 2 is 2.22 bits per heavy atom. The predicted octanol–water partition coefficient (Wildman–Crippen LogP) is 1.22. The van der Waals surface area contributed by atoms with Crippen molar-refractivity contribution >= 4 is 16.6 Å². The van der Waals surface area contributed by atoms with Crippen LogP contribution in [0, 0.1) is 11.3 Å². The molecule has 23 heavy (non-hydrogen) atoms. The normalized spacial score (nSPS) is 18.0. The zero-order valence-corrected chi connectivity index (χ0v) is 13.6. The molecule has 120 valence electrons. The van der Waals surface area contributed by atoms with Gasteiger partial charge < -0.3 is 19.5 Å². The Bertz CT molecular complexity index is 850. The SMILES string of the molecule is COc1ccc2c(N3CCNCC3C)c(C#N)c(=O)n(C)c2c1. The first-order valence-electron chi connectivity index (χ1n) is 7.66. The number of fused-ring (bicyclic) bond motifs is 1. The Morgan fingerprint density at radius 1 is 1.43 bits per heavy atom. The molecule has 1 fully saturated rings. The molecular formula is C17H20N4O2. The minimum absolute atomic E-state index is 0.207. The number of nitriles is 1. The largest absolute Gasteiger partial charge is 0.497 e. The third-order valence-corrected chi connectivity index (χ3v) is 4.48. The quantitative estimate of drug-likeness (QED) is 0.903. The molecule has 0 spiro atoms. The summed E-state index contributed by atoms with van der Waals surface area (Å²) in [5.74, 6) is 0.691. The lowest BCUT2D eigenvalue weighted by Gasteiger charge is -2.37. The van der Waals surface area contributed by atoms with Gasteiger partial charge in [-0.25, -0.2) is 0 Å². The molecular weight excluding hydrogens is 292 g/mol. The third kappa shape index (κ3) is 2.43. The van der Waals surface area contributed by atoms with Gasteiger partial charge in [0, 0.05) is 44.2 Å². The van der Waals surface area contributed by atoms with Gasteiger partial charge in [-0.05, 0) is 19.1 Å². The number of hydrogen-bond donors (Lipinski definition) is 1. The summed E-state index contributed by atoms with van der Waals surface area (Å²) in [7, 11) is 3.29. The molecule has 6 nitrogen and oxygen atoms in total. The van der Waals surface area contributed by atoms with Crippen LogP contribution >= 0.6 is 0 Å². The molecule has 3 rings (SSSR count). The van der Waals surface area contributed by atoms with Crippen molar-refractivity contribution in [3.05, 3.63) is 34.1 Å². The smallest absolute Gasteiger partial charge is 0.270 e. The third-order valence-electron chi connectivity index (χ3n) is 4.48. The van der Waals surface area contributed by atoms with Crippen molar-refractivity contribution in [2.24, 2.45) is 7.05 Å². The number of benzene rings is 1. The van der Waals surface area contributed by atoms with Gasteiger partial charge in [-0.1, -0.05) is 0 Å². The fourth-order valence-electron chi connectivity index (χ4n) is 3.20. The van der Waals surface area contributed by atoms with Crippen molar-refractivity contribution in [1.29, 1.82) is 5.26 Å². The van der Waals surface area contributed by atoms with Crippen molar-refractivity contribution in [2.45, 2.75) is 13.0 Å². The number of ether oxygens (including phenoxy) is 1. The van der Waals surface area contributed by atoms with Gasteiger partial charge in [0.15, 0.2) is 0 Å². The number of pyridine rings is 1. The number of piperazine rings is 1. The van der Waals surface area contributed by atoms with Crippen LogP contribution in [-0.4, -0.2) is 37.4 Å². The van der Waals surface area contributed by atoms with Gasteiger partial charge in [0.2, 0.25) is 0 Å². The van der Waals surface area contributed by atoms with Crippen LogP contribution in [-0.2, 0) is 7.05 Å². The molecule has 0 radical (unpaired) electrons. The van der Waals surface area contributed by atoms with E-state index in [1.54, 1.807) is 14.2 Å². The molecule has 1 atom stereocenters. The van der Waals surface area contributed by atoms with Crippen LogP contribution in [0.4, 0.5) is 5.69 Å². The van der Waals surface area contributed by atoms with E-state index in [1.165, 1.54) is 4.57 Å². The van der Waals surface area contributed by atoms with Gasteiger partial charge in [-0.2, -0.15) is 5.26 Å². The lowest BCUT2D eigenvalue weighted by atomic mass is 10.0. The topological polar surface area (TPSA) is 70.3 Å². The standard InChI is InChI=1S/C17H20N4O2/c1-11-10-19-6-7-21(11)16-13-5-4-12(23-3)8-15(13)20(2)17(22)14(16)9-18/h4-5,8,11,19H,6-7,10H2,1-3H3. The summed E-state index contributed by atoms with van der Waals surface area (Å²) in [6, 6.07) is 7.97. The van der Waals surface area contributed by atoms with Crippen LogP contribution < -0.4 is 20.5 Å². The molecule has 0 saturated carbocycles. The molecule has 0 bridgehead atoms. The van der Waals surface area contributed by atoms with Crippen molar-refractivity contribution in [3.63, 3.8) is 0 Å². The van der Waals surface area contributed by atoms with Gasteiger partial charge in [0.1, 0.15) is 17.4 Å². The number of nitrogens with one attached hydrogen (secondary N) is 1. The number of nitrogens with zero attached hydrogens (tertiary/aromatic N) is 3. The maximum Gasteiger partial charge on any atom is 0.270 e. The number of methoxy groups -OCH3 is 1. The fraction of sp³-hybridized carbons (Fsp3) is 0.412. The molecule has 1 aliphatic heterocycles. The van der Waals surface area contributed by atoms with Crippen molar-refractivity contribution in [1.82, 2.24) is 9.88 Å². The number of aryl methyl sites for hydroxylation is 1. The van der Waals surface area contributed by atoms with Gasteiger partial charge in [-0.15, -0.1) is 0 Å². The summed E-state index contributed by atoms with van der Waals surface area (Å²) in [5.41, 5.74) is 1.45. The van der Waals surface area contributed by atoms with Gasteiger partial charge >= 0.3 is 0 Å².